The van der Waals surface area contributed by atoms with Gasteiger partial charge in [0, 0.05) is 4.47 Å². The van der Waals surface area contributed by atoms with Gasteiger partial charge in [-0.1, -0.05) is 34.1 Å². The minimum atomic E-state index is -4.57. The van der Waals surface area contributed by atoms with Crippen molar-refractivity contribution < 1.29 is 32.1 Å². The molecule has 0 amide bonds. The summed E-state index contributed by atoms with van der Waals surface area (Å²) in [6, 6.07) is 11.6. The Morgan fingerprint density at radius 2 is 1.74 bits per heavy atom. The van der Waals surface area contributed by atoms with Crippen molar-refractivity contribution in [2.75, 3.05) is 19.8 Å². The van der Waals surface area contributed by atoms with Gasteiger partial charge in [-0.2, -0.15) is 13.2 Å². The Labute approximate surface area is 189 Å². The predicted molar refractivity (Wildman–Crippen MR) is 115 cm³/mol. The van der Waals surface area contributed by atoms with E-state index < -0.39 is 32.6 Å². The summed E-state index contributed by atoms with van der Waals surface area (Å²) in [5, 5.41) is 9.42. The van der Waals surface area contributed by atoms with Gasteiger partial charge in [-0.15, -0.1) is 0 Å². The molecule has 10 heteroatoms. The molecule has 170 valence electrons. The summed E-state index contributed by atoms with van der Waals surface area (Å²) >= 11 is 3.36. The average molecular weight is 522 g/mol. The van der Waals surface area contributed by atoms with Gasteiger partial charge < -0.3 is 15.6 Å². The maximum Gasteiger partial charge on any atom is 0.419 e. The number of halogens is 4. The molecule has 3 N–H and O–H groups in total. The van der Waals surface area contributed by atoms with E-state index in [1.807, 2.05) is 24.3 Å². The van der Waals surface area contributed by atoms with Crippen molar-refractivity contribution in [1.29, 1.82) is 0 Å². The molecule has 0 aliphatic carbocycles. The third kappa shape index (κ3) is 8.50. The number of ether oxygens (including phenoxy) is 1. The van der Waals surface area contributed by atoms with Crippen molar-refractivity contribution in [2.45, 2.75) is 37.4 Å². The zero-order chi connectivity index (χ0) is 22.9. The van der Waals surface area contributed by atoms with Gasteiger partial charge in [-0.3, -0.25) is 4.52 Å². The van der Waals surface area contributed by atoms with Crippen LogP contribution in [0.25, 0.3) is 0 Å². The number of benzene rings is 2. The SMILES string of the molecule is NC(CO)(CCc1ccc(OCCCc2ccc(Br)cc2)c(C(F)(F)F)c1)COP=O. The number of aliphatic hydroxyl groups is 1. The molecule has 1 unspecified atom stereocenters. The van der Waals surface area contributed by atoms with E-state index in [0.717, 1.165) is 16.1 Å². The first-order valence-corrected chi connectivity index (χ1v) is 11.1. The molecule has 2 aromatic carbocycles. The summed E-state index contributed by atoms with van der Waals surface area (Å²) in [6.45, 7) is -0.477. The fraction of sp³-hybridized carbons (Fsp3) is 0.429. The van der Waals surface area contributed by atoms with E-state index in [0.29, 0.717) is 18.4 Å². The molecule has 5 nitrogen and oxygen atoms in total. The second kappa shape index (κ2) is 11.9. The second-order valence-electron chi connectivity index (χ2n) is 7.28. The Hall–Kier alpha value is -1.51. The van der Waals surface area contributed by atoms with Gasteiger partial charge in [0.15, 0.2) is 0 Å². The van der Waals surface area contributed by atoms with Crippen LogP contribution in [0.5, 0.6) is 5.75 Å². The molecule has 0 fully saturated rings. The lowest BCUT2D eigenvalue weighted by molar-refractivity contribution is -0.139. The molecular formula is C21H24BrF3NO4P. The van der Waals surface area contributed by atoms with Crippen LogP contribution in [0, 0.1) is 0 Å². The number of rotatable bonds is 12. The van der Waals surface area contributed by atoms with Gasteiger partial charge >= 0.3 is 14.9 Å². The van der Waals surface area contributed by atoms with E-state index in [1.165, 1.54) is 6.07 Å². The lowest BCUT2D eigenvalue weighted by Crippen LogP contribution is -2.47. The van der Waals surface area contributed by atoms with Gasteiger partial charge in [0.2, 0.25) is 0 Å². The topological polar surface area (TPSA) is 81.8 Å². The number of alkyl halides is 3. The van der Waals surface area contributed by atoms with Crippen molar-refractivity contribution in [3.05, 3.63) is 63.6 Å². The average Bonchev–Trinajstić information content (AvgIpc) is 2.75. The van der Waals surface area contributed by atoms with Crippen molar-refractivity contribution in [3.63, 3.8) is 0 Å². The first-order chi connectivity index (χ1) is 14.7. The molecular weight excluding hydrogens is 498 g/mol. The number of hydrogen-bond acceptors (Lipinski definition) is 5. The summed E-state index contributed by atoms with van der Waals surface area (Å²) < 4.78 is 62.2. The van der Waals surface area contributed by atoms with E-state index >= 15 is 0 Å². The van der Waals surface area contributed by atoms with Crippen LogP contribution >= 0.6 is 24.6 Å². The summed E-state index contributed by atoms with van der Waals surface area (Å²) in [7, 11) is -0.576. The number of nitrogens with two attached hydrogens (primary N) is 1. The first-order valence-electron chi connectivity index (χ1n) is 9.58. The highest BCUT2D eigenvalue weighted by Gasteiger charge is 2.35. The lowest BCUT2D eigenvalue weighted by atomic mass is 9.93. The third-order valence-corrected chi connectivity index (χ3v) is 5.52. The van der Waals surface area contributed by atoms with Crippen LogP contribution in [0.3, 0.4) is 0 Å². The van der Waals surface area contributed by atoms with Gasteiger partial charge in [0.1, 0.15) is 5.75 Å². The van der Waals surface area contributed by atoms with Crippen molar-refractivity contribution in [3.8, 4) is 5.75 Å². The van der Waals surface area contributed by atoms with E-state index in [2.05, 4.69) is 15.9 Å². The molecule has 0 saturated heterocycles. The lowest BCUT2D eigenvalue weighted by Gasteiger charge is -2.25. The normalized spacial score (nSPS) is 13.9. The number of hydrogen-bond donors (Lipinski definition) is 2. The van der Waals surface area contributed by atoms with Crippen LogP contribution in [0.1, 0.15) is 29.5 Å². The molecule has 0 bridgehead atoms. The van der Waals surface area contributed by atoms with Crippen LogP contribution in [-0.4, -0.2) is 30.5 Å². The van der Waals surface area contributed by atoms with Gasteiger partial charge in [0.05, 0.1) is 30.9 Å². The molecule has 0 heterocycles. The molecule has 31 heavy (non-hydrogen) atoms. The minimum absolute atomic E-state index is 0.153. The zero-order valence-corrected chi connectivity index (χ0v) is 19.2. The standard InChI is InChI=1S/C21H24BrF3NO4P/c22-17-6-3-15(4-7-17)2-1-11-29-19-8-5-16(12-18(19)21(23,24)25)9-10-20(26,13-27)14-30-31-28/h3-8,12,27H,1-2,9-11,13-14,26H2. The van der Waals surface area contributed by atoms with Crippen LogP contribution in [0.15, 0.2) is 46.9 Å². The van der Waals surface area contributed by atoms with Gasteiger partial charge in [-0.25, -0.2) is 4.57 Å². The van der Waals surface area contributed by atoms with Gasteiger partial charge in [0.25, 0.3) is 0 Å². The molecule has 0 aliphatic heterocycles. The maximum atomic E-state index is 13.5. The Morgan fingerprint density at radius 3 is 2.35 bits per heavy atom. The Balaban J connectivity index is 2.00. The zero-order valence-electron chi connectivity index (χ0n) is 16.7. The summed E-state index contributed by atoms with van der Waals surface area (Å²) in [5.41, 5.74) is 5.38. The molecule has 0 spiro atoms. The maximum absolute atomic E-state index is 13.5. The van der Waals surface area contributed by atoms with Gasteiger partial charge in [-0.05, 0) is 61.1 Å². The summed E-state index contributed by atoms with van der Waals surface area (Å²) in [4.78, 5) is 0. The van der Waals surface area contributed by atoms with E-state index in [-0.39, 0.29) is 31.8 Å². The fourth-order valence-electron chi connectivity index (χ4n) is 2.93. The molecule has 0 saturated carbocycles. The van der Waals surface area contributed by atoms with Crippen molar-refractivity contribution in [1.82, 2.24) is 0 Å². The van der Waals surface area contributed by atoms with Crippen LogP contribution < -0.4 is 10.5 Å². The van der Waals surface area contributed by atoms with E-state index in [4.69, 9.17) is 15.0 Å². The highest BCUT2D eigenvalue weighted by molar-refractivity contribution is 9.10. The first kappa shape index (κ1) is 25.7. The molecule has 2 aromatic rings. The summed E-state index contributed by atoms with van der Waals surface area (Å²) in [6.07, 6.45) is -2.96. The predicted octanol–water partition coefficient (Wildman–Crippen LogP) is 5.33. The third-order valence-electron chi connectivity index (χ3n) is 4.76. The second-order valence-corrected chi connectivity index (χ2v) is 8.60. The van der Waals surface area contributed by atoms with Crippen LogP contribution in [0.2, 0.25) is 0 Å². The Morgan fingerprint density at radius 1 is 1.06 bits per heavy atom. The van der Waals surface area contributed by atoms with E-state index in [9.17, 15) is 22.8 Å². The molecule has 0 radical (unpaired) electrons. The largest absolute Gasteiger partial charge is 0.493 e. The Kier molecular flexibility index (Phi) is 9.90. The quantitative estimate of drug-likeness (QED) is 0.291. The Bertz CT molecular complexity index is 852. The molecule has 0 aromatic heterocycles. The molecule has 1 atom stereocenters. The monoisotopic (exact) mass is 521 g/mol. The highest BCUT2D eigenvalue weighted by atomic mass is 79.9. The van der Waals surface area contributed by atoms with Crippen molar-refractivity contribution in [2.24, 2.45) is 5.73 Å². The van der Waals surface area contributed by atoms with Crippen LogP contribution in [-0.2, 0) is 28.1 Å². The van der Waals surface area contributed by atoms with E-state index in [1.54, 1.807) is 6.07 Å². The molecule has 2 rings (SSSR count). The smallest absolute Gasteiger partial charge is 0.419 e. The number of aryl methyl sites for hydroxylation is 2. The van der Waals surface area contributed by atoms with Crippen molar-refractivity contribution >= 4 is 24.6 Å². The number of aliphatic hydroxyl groups excluding tert-OH is 1. The summed E-state index contributed by atoms with van der Waals surface area (Å²) in [5.74, 6) is -0.221. The van der Waals surface area contributed by atoms with Crippen LogP contribution in [0.4, 0.5) is 13.2 Å². The highest BCUT2D eigenvalue weighted by Crippen LogP contribution is 2.37. The molecule has 0 aliphatic rings. The minimum Gasteiger partial charge on any atom is -0.493 e. The fourth-order valence-corrected chi connectivity index (χ4v) is 3.51.